The lowest BCUT2D eigenvalue weighted by molar-refractivity contribution is -0.146. The van der Waals surface area contributed by atoms with Gasteiger partial charge in [0.2, 0.25) is 5.91 Å². The second-order valence-electron chi connectivity index (χ2n) is 6.84. The molecule has 1 heterocycles. The van der Waals surface area contributed by atoms with Crippen LogP contribution in [0.3, 0.4) is 0 Å². The summed E-state index contributed by atoms with van der Waals surface area (Å²) in [6, 6.07) is 11.4. The first-order valence-electron chi connectivity index (χ1n) is 9.36. The van der Waals surface area contributed by atoms with Crippen molar-refractivity contribution in [3.05, 3.63) is 59.4 Å². The van der Waals surface area contributed by atoms with Gasteiger partial charge >= 0.3 is 0 Å². The Morgan fingerprint density at radius 3 is 2.69 bits per heavy atom. The highest BCUT2D eigenvalue weighted by atomic mass is 19.1. The van der Waals surface area contributed by atoms with Gasteiger partial charge < -0.3 is 25.4 Å². The highest BCUT2D eigenvalue weighted by molar-refractivity contribution is 5.94. The number of nitrogens with zero attached hydrogens (tertiary/aromatic N) is 1. The fourth-order valence-electron chi connectivity index (χ4n) is 2.95. The quantitative estimate of drug-likeness (QED) is 0.737. The lowest BCUT2D eigenvalue weighted by Crippen LogP contribution is -2.48. The number of hydrogen-bond acceptors (Lipinski definition) is 5. The van der Waals surface area contributed by atoms with Gasteiger partial charge in [-0.15, -0.1) is 0 Å². The van der Waals surface area contributed by atoms with Crippen molar-refractivity contribution in [3.8, 4) is 11.5 Å². The molecule has 29 heavy (non-hydrogen) atoms. The van der Waals surface area contributed by atoms with Gasteiger partial charge in [-0.2, -0.15) is 0 Å². The van der Waals surface area contributed by atoms with E-state index in [9.17, 15) is 14.0 Å². The number of hydrogen-bond donors (Lipinski definition) is 2. The molecule has 1 aliphatic heterocycles. The molecule has 0 saturated carbocycles. The van der Waals surface area contributed by atoms with Crippen molar-refractivity contribution in [2.75, 3.05) is 33.3 Å². The van der Waals surface area contributed by atoms with E-state index in [1.807, 2.05) is 12.1 Å². The molecule has 2 amide bonds. The van der Waals surface area contributed by atoms with Crippen LogP contribution in [-0.4, -0.2) is 56.1 Å². The number of carbonyl (C=O) groups is 2. The average Bonchev–Trinajstić information content (AvgIpc) is 2.72. The molecule has 0 aromatic heterocycles. The average molecular weight is 401 g/mol. The number of halogens is 1. The number of nitrogens with two attached hydrogens (primary N) is 1. The van der Waals surface area contributed by atoms with Crippen LogP contribution >= 0.6 is 0 Å². The molecule has 3 N–H and O–H groups in total. The van der Waals surface area contributed by atoms with Crippen molar-refractivity contribution in [3.63, 3.8) is 0 Å². The number of likely N-dealkylation sites (N-methyl/N-ethyl adjacent to an activating group) is 1. The minimum Gasteiger partial charge on any atom is -0.457 e. The smallest absolute Gasteiger partial charge is 0.254 e. The maximum atomic E-state index is 14.2. The Bertz CT molecular complexity index is 873. The molecule has 0 spiro atoms. The van der Waals surface area contributed by atoms with Crippen LogP contribution in [-0.2, 0) is 16.0 Å². The molecule has 1 saturated heterocycles. The van der Waals surface area contributed by atoms with Gasteiger partial charge in [-0.1, -0.05) is 12.1 Å². The van der Waals surface area contributed by atoms with Crippen LogP contribution in [0, 0.1) is 5.82 Å². The number of benzene rings is 2. The Labute approximate surface area is 168 Å². The second kappa shape index (κ2) is 9.49. The van der Waals surface area contributed by atoms with Crippen LogP contribution in [0.2, 0.25) is 0 Å². The largest absolute Gasteiger partial charge is 0.457 e. The fraction of sp³-hybridized carbons (Fsp3) is 0.333. The van der Waals surface area contributed by atoms with Crippen LogP contribution in [0.15, 0.2) is 42.5 Å². The van der Waals surface area contributed by atoms with Gasteiger partial charge in [0.05, 0.1) is 11.7 Å². The predicted octanol–water partition coefficient (Wildman–Crippen LogP) is 1.71. The minimum absolute atomic E-state index is 0.0290. The molecule has 154 valence electrons. The predicted molar refractivity (Wildman–Crippen MR) is 105 cm³/mol. The first-order valence-corrected chi connectivity index (χ1v) is 9.36. The number of nitrogens with one attached hydrogen (secondary N) is 1. The SMILES string of the molecule is CN1CC(CNC(=O)c2cc(Oc3ccc(CCN)cc3)ccc2F)OCC1=O. The molecular formula is C21H24FN3O4. The number of amides is 2. The van der Waals surface area contributed by atoms with E-state index < -0.39 is 11.7 Å². The number of ether oxygens (including phenoxy) is 2. The van der Waals surface area contributed by atoms with Crippen LogP contribution in [0.5, 0.6) is 11.5 Å². The molecule has 1 atom stereocenters. The van der Waals surface area contributed by atoms with Gasteiger partial charge in [0.15, 0.2) is 0 Å². The van der Waals surface area contributed by atoms with Crippen molar-refractivity contribution < 1.29 is 23.5 Å². The normalized spacial score (nSPS) is 16.6. The Kier molecular flexibility index (Phi) is 6.79. The Morgan fingerprint density at radius 1 is 1.28 bits per heavy atom. The summed E-state index contributed by atoms with van der Waals surface area (Å²) in [5.41, 5.74) is 6.51. The molecule has 8 heteroatoms. The first kappa shape index (κ1) is 20.8. The zero-order valence-corrected chi connectivity index (χ0v) is 16.2. The Morgan fingerprint density at radius 2 is 2.00 bits per heavy atom. The Hall–Kier alpha value is -2.97. The summed E-state index contributed by atoms with van der Waals surface area (Å²) in [5.74, 6) is -0.409. The molecule has 1 fully saturated rings. The molecule has 0 aliphatic carbocycles. The lowest BCUT2D eigenvalue weighted by atomic mass is 10.1. The number of rotatable bonds is 7. The molecule has 3 rings (SSSR count). The number of carbonyl (C=O) groups excluding carboxylic acids is 2. The molecule has 2 aromatic rings. The van der Waals surface area contributed by atoms with Crippen LogP contribution in [0.1, 0.15) is 15.9 Å². The minimum atomic E-state index is -0.648. The van der Waals surface area contributed by atoms with E-state index >= 15 is 0 Å². The van der Waals surface area contributed by atoms with E-state index in [2.05, 4.69) is 5.32 Å². The number of morpholine rings is 1. The maximum absolute atomic E-state index is 14.2. The van der Waals surface area contributed by atoms with Gasteiger partial charge in [0.25, 0.3) is 5.91 Å². The van der Waals surface area contributed by atoms with E-state index in [1.165, 1.54) is 23.1 Å². The highest BCUT2D eigenvalue weighted by Gasteiger charge is 2.24. The van der Waals surface area contributed by atoms with Gasteiger partial charge in [-0.3, -0.25) is 9.59 Å². The monoisotopic (exact) mass is 401 g/mol. The zero-order chi connectivity index (χ0) is 20.8. The first-order chi connectivity index (χ1) is 14.0. The van der Waals surface area contributed by atoms with Crippen molar-refractivity contribution in [1.82, 2.24) is 10.2 Å². The summed E-state index contributed by atoms with van der Waals surface area (Å²) in [4.78, 5) is 25.4. The molecule has 0 radical (unpaired) electrons. The van der Waals surface area contributed by atoms with E-state index in [1.54, 1.807) is 19.2 Å². The van der Waals surface area contributed by atoms with E-state index in [-0.39, 0.29) is 30.7 Å². The molecule has 0 bridgehead atoms. The molecule has 2 aromatic carbocycles. The van der Waals surface area contributed by atoms with Gasteiger partial charge in [-0.25, -0.2) is 4.39 Å². The van der Waals surface area contributed by atoms with Crippen molar-refractivity contribution in [2.45, 2.75) is 12.5 Å². The third kappa shape index (κ3) is 5.52. The molecule has 1 unspecified atom stereocenters. The summed E-state index contributed by atoms with van der Waals surface area (Å²) >= 11 is 0. The van der Waals surface area contributed by atoms with Gasteiger partial charge in [0, 0.05) is 20.1 Å². The third-order valence-electron chi connectivity index (χ3n) is 4.61. The van der Waals surface area contributed by atoms with Gasteiger partial charge in [0.1, 0.15) is 23.9 Å². The van der Waals surface area contributed by atoms with Gasteiger partial charge in [-0.05, 0) is 48.9 Å². The molecule has 7 nitrogen and oxygen atoms in total. The maximum Gasteiger partial charge on any atom is 0.254 e. The summed E-state index contributed by atoms with van der Waals surface area (Å²) in [6.07, 6.45) is 0.437. The van der Waals surface area contributed by atoms with Crippen LogP contribution in [0.4, 0.5) is 4.39 Å². The van der Waals surface area contributed by atoms with Crippen molar-refractivity contribution in [1.29, 1.82) is 0 Å². The topological polar surface area (TPSA) is 93.9 Å². The standard InChI is InChI=1S/C21H24FN3O4/c1-25-12-17(28-13-20(25)26)11-24-21(27)18-10-16(6-7-19(18)22)29-15-4-2-14(3-5-15)8-9-23/h2-7,10,17H,8-9,11-13,23H2,1H3,(H,24,27). The molecule has 1 aliphatic rings. The molecular weight excluding hydrogens is 377 g/mol. The van der Waals surface area contributed by atoms with E-state index in [0.717, 1.165) is 12.0 Å². The fourth-order valence-corrected chi connectivity index (χ4v) is 2.95. The van der Waals surface area contributed by atoms with Crippen molar-refractivity contribution in [2.24, 2.45) is 5.73 Å². The zero-order valence-electron chi connectivity index (χ0n) is 16.2. The third-order valence-corrected chi connectivity index (χ3v) is 4.61. The summed E-state index contributed by atoms with van der Waals surface area (Å²) in [5, 5.41) is 2.65. The summed E-state index contributed by atoms with van der Waals surface area (Å²) in [6.45, 7) is 1.07. The lowest BCUT2D eigenvalue weighted by Gasteiger charge is -2.29. The van der Waals surface area contributed by atoms with Crippen molar-refractivity contribution >= 4 is 11.8 Å². The van der Waals surface area contributed by atoms with Crippen LogP contribution < -0.4 is 15.8 Å². The Balaban J connectivity index is 1.62. The summed E-state index contributed by atoms with van der Waals surface area (Å²) < 4.78 is 25.3. The highest BCUT2D eigenvalue weighted by Crippen LogP contribution is 2.24. The summed E-state index contributed by atoms with van der Waals surface area (Å²) in [7, 11) is 1.67. The van der Waals surface area contributed by atoms with Crippen LogP contribution in [0.25, 0.3) is 0 Å². The van der Waals surface area contributed by atoms with E-state index in [0.29, 0.717) is 24.6 Å². The second-order valence-corrected chi connectivity index (χ2v) is 6.84. The van der Waals surface area contributed by atoms with E-state index in [4.69, 9.17) is 15.2 Å².